The smallest absolute Gasteiger partial charge is 0.356 e. The van der Waals surface area contributed by atoms with Crippen molar-refractivity contribution in [2.24, 2.45) is 0 Å². The maximum Gasteiger partial charge on any atom is 0.356 e. The van der Waals surface area contributed by atoms with Crippen LogP contribution in [0.25, 0.3) is 0 Å². The molecule has 0 aromatic carbocycles. The van der Waals surface area contributed by atoms with Crippen LogP contribution in [0.1, 0.15) is 22.6 Å². The van der Waals surface area contributed by atoms with Crippen molar-refractivity contribution in [3.8, 4) is 0 Å². The SMILES string of the molecule is O=C(O)c1nc(C(F)F)c([N+](=O)[O-])cc1Cl. The van der Waals surface area contributed by atoms with Gasteiger partial charge in [0.15, 0.2) is 11.4 Å². The lowest BCUT2D eigenvalue weighted by Crippen LogP contribution is -2.07. The van der Waals surface area contributed by atoms with Crippen molar-refractivity contribution in [2.75, 3.05) is 0 Å². The Bertz CT molecular complexity index is 466. The van der Waals surface area contributed by atoms with Crippen LogP contribution in [0.4, 0.5) is 14.5 Å². The number of carbonyl (C=O) groups is 1. The van der Waals surface area contributed by atoms with E-state index in [1.54, 1.807) is 0 Å². The van der Waals surface area contributed by atoms with E-state index in [2.05, 4.69) is 4.98 Å². The van der Waals surface area contributed by atoms with E-state index in [-0.39, 0.29) is 0 Å². The Kier molecular flexibility index (Phi) is 3.33. The molecule has 0 atom stereocenters. The Morgan fingerprint density at radius 2 is 2.19 bits per heavy atom. The van der Waals surface area contributed by atoms with Crippen molar-refractivity contribution >= 4 is 23.3 Å². The third-order valence-electron chi connectivity index (χ3n) is 1.59. The molecule has 1 aromatic rings. The lowest BCUT2D eigenvalue weighted by atomic mass is 10.2. The van der Waals surface area contributed by atoms with E-state index in [0.29, 0.717) is 6.07 Å². The molecule has 0 saturated carbocycles. The summed E-state index contributed by atoms with van der Waals surface area (Å²) in [5.41, 5.74) is -3.07. The molecule has 1 rings (SSSR count). The predicted molar refractivity (Wildman–Crippen MR) is 47.8 cm³/mol. The van der Waals surface area contributed by atoms with Crippen molar-refractivity contribution in [1.82, 2.24) is 4.98 Å². The molecule has 16 heavy (non-hydrogen) atoms. The molecule has 0 spiro atoms. The zero-order valence-electron chi connectivity index (χ0n) is 7.35. The van der Waals surface area contributed by atoms with Gasteiger partial charge in [-0.2, -0.15) is 0 Å². The van der Waals surface area contributed by atoms with Gasteiger partial charge in [-0.1, -0.05) is 11.6 Å². The average molecular weight is 253 g/mol. The highest BCUT2D eigenvalue weighted by Crippen LogP contribution is 2.30. The van der Waals surface area contributed by atoms with Gasteiger partial charge in [-0.15, -0.1) is 0 Å². The summed E-state index contributed by atoms with van der Waals surface area (Å²) < 4.78 is 24.7. The summed E-state index contributed by atoms with van der Waals surface area (Å²) >= 11 is 5.35. The number of hydrogen-bond donors (Lipinski definition) is 1. The number of nitrogens with zero attached hydrogens (tertiary/aromatic N) is 2. The van der Waals surface area contributed by atoms with Crippen molar-refractivity contribution in [2.45, 2.75) is 6.43 Å². The monoisotopic (exact) mass is 252 g/mol. The molecular weight excluding hydrogens is 250 g/mol. The van der Waals surface area contributed by atoms with Crippen LogP contribution < -0.4 is 0 Å². The Labute approximate surface area is 91.6 Å². The molecular formula is C7H3ClF2N2O4. The summed E-state index contributed by atoms with van der Waals surface area (Å²) in [5.74, 6) is -1.64. The van der Waals surface area contributed by atoms with Gasteiger partial charge in [-0.3, -0.25) is 10.1 Å². The third-order valence-corrected chi connectivity index (χ3v) is 1.88. The van der Waals surface area contributed by atoms with Gasteiger partial charge in [0, 0.05) is 6.07 Å². The molecule has 1 heterocycles. The van der Waals surface area contributed by atoms with Crippen LogP contribution in [-0.4, -0.2) is 21.0 Å². The molecule has 0 amide bonds. The largest absolute Gasteiger partial charge is 0.476 e. The summed E-state index contributed by atoms with van der Waals surface area (Å²) in [6, 6.07) is 0.541. The highest BCUT2D eigenvalue weighted by Gasteiger charge is 2.27. The molecule has 0 saturated heterocycles. The lowest BCUT2D eigenvalue weighted by molar-refractivity contribution is -0.386. The first-order valence-corrected chi connectivity index (χ1v) is 4.08. The summed E-state index contributed by atoms with van der Waals surface area (Å²) in [6.07, 6.45) is -3.25. The first kappa shape index (κ1) is 12.2. The van der Waals surface area contributed by atoms with Crippen LogP contribution in [0, 0.1) is 10.1 Å². The number of rotatable bonds is 3. The van der Waals surface area contributed by atoms with Crippen molar-refractivity contribution in [3.63, 3.8) is 0 Å². The van der Waals surface area contributed by atoms with E-state index >= 15 is 0 Å². The van der Waals surface area contributed by atoms with Crippen LogP contribution in [-0.2, 0) is 0 Å². The van der Waals surface area contributed by atoms with Crippen LogP contribution in [0.5, 0.6) is 0 Å². The maximum absolute atomic E-state index is 12.4. The molecule has 6 nitrogen and oxygen atoms in total. The van der Waals surface area contributed by atoms with Gasteiger partial charge in [0.2, 0.25) is 0 Å². The summed E-state index contributed by atoms with van der Waals surface area (Å²) in [5, 5.41) is 18.4. The highest BCUT2D eigenvalue weighted by molar-refractivity contribution is 6.33. The summed E-state index contributed by atoms with van der Waals surface area (Å²) in [7, 11) is 0. The molecule has 0 unspecified atom stereocenters. The highest BCUT2D eigenvalue weighted by atomic mass is 35.5. The number of carboxylic acids is 1. The summed E-state index contributed by atoms with van der Waals surface area (Å²) in [6.45, 7) is 0. The van der Waals surface area contributed by atoms with Crippen LogP contribution in [0.3, 0.4) is 0 Å². The van der Waals surface area contributed by atoms with Gasteiger partial charge in [0.25, 0.3) is 12.1 Å². The molecule has 0 aliphatic heterocycles. The third kappa shape index (κ3) is 2.22. The molecule has 0 bridgehead atoms. The fraction of sp³-hybridized carbons (Fsp3) is 0.143. The quantitative estimate of drug-likeness (QED) is 0.658. The fourth-order valence-electron chi connectivity index (χ4n) is 0.950. The summed E-state index contributed by atoms with van der Waals surface area (Å²) in [4.78, 5) is 22.8. The number of halogens is 3. The zero-order valence-corrected chi connectivity index (χ0v) is 8.11. The molecule has 1 aromatic heterocycles. The van der Waals surface area contributed by atoms with Crippen LogP contribution in [0.2, 0.25) is 5.02 Å². The Morgan fingerprint density at radius 3 is 2.56 bits per heavy atom. The van der Waals surface area contributed by atoms with Crippen LogP contribution >= 0.6 is 11.6 Å². The minimum absolute atomic E-state index is 0.541. The van der Waals surface area contributed by atoms with E-state index in [1.807, 2.05) is 0 Å². The zero-order chi connectivity index (χ0) is 12.5. The van der Waals surface area contributed by atoms with Gasteiger partial charge < -0.3 is 5.11 Å². The second kappa shape index (κ2) is 4.35. The van der Waals surface area contributed by atoms with E-state index < -0.39 is 39.4 Å². The maximum atomic E-state index is 12.4. The molecule has 0 aliphatic carbocycles. The fourth-order valence-corrected chi connectivity index (χ4v) is 1.18. The van der Waals surface area contributed by atoms with Gasteiger partial charge >= 0.3 is 5.97 Å². The van der Waals surface area contributed by atoms with Gasteiger partial charge in [-0.25, -0.2) is 18.6 Å². The Balaban J connectivity index is 3.49. The second-order valence-corrected chi connectivity index (χ2v) is 2.99. The average Bonchev–Trinajstić information content (AvgIpc) is 2.15. The molecule has 0 aliphatic rings. The van der Waals surface area contributed by atoms with Crippen molar-refractivity contribution in [1.29, 1.82) is 0 Å². The molecule has 1 N–H and O–H groups in total. The minimum Gasteiger partial charge on any atom is -0.476 e. The van der Waals surface area contributed by atoms with Gasteiger partial charge in [0.1, 0.15) is 0 Å². The van der Waals surface area contributed by atoms with Crippen molar-refractivity contribution < 1.29 is 23.6 Å². The number of alkyl halides is 2. The van der Waals surface area contributed by atoms with Gasteiger partial charge in [-0.05, 0) is 0 Å². The first-order valence-electron chi connectivity index (χ1n) is 3.71. The van der Waals surface area contributed by atoms with E-state index in [4.69, 9.17) is 16.7 Å². The topological polar surface area (TPSA) is 93.3 Å². The van der Waals surface area contributed by atoms with Gasteiger partial charge in [0.05, 0.1) is 9.95 Å². The molecule has 0 radical (unpaired) electrons. The Hall–Kier alpha value is -1.83. The molecule has 86 valence electrons. The number of carboxylic acid groups (broad SMARTS) is 1. The number of aromatic nitrogens is 1. The standard InChI is InChI=1S/C7H3ClF2N2O4/c8-2-1-3(12(15)16)5(6(9)10)11-4(2)7(13)14/h1,6H,(H,13,14). The number of aromatic carboxylic acids is 1. The predicted octanol–water partition coefficient (Wildman–Crippen LogP) is 2.28. The van der Waals surface area contributed by atoms with E-state index in [0.717, 1.165) is 0 Å². The number of nitro groups is 1. The lowest BCUT2D eigenvalue weighted by Gasteiger charge is -2.03. The molecule has 0 fully saturated rings. The Morgan fingerprint density at radius 1 is 1.62 bits per heavy atom. The number of hydrogen-bond acceptors (Lipinski definition) is 4. The van der Waals surface area contributed by atoms with E-state index in [1.165, 1.54) is 0 Å². The van der Waals surface area contributed by atoms with Crippen molar-refractivity contribution in [3.05, 3.63) is 32.6 Å². The normalized spacial score (nSPS) is 10.5. The van der Waals surface area contributed by atoms with E-state index in [9.17, 15) is 23.7 Å². The second-order valence-electron chi connectivity index (χ2n) is 2.59. The number of pyridine rings is 1. The first-order chi connectivity index (χ1) is 7.34. The van der Waals surface area contributed by atoms with Crippen LogP contribution in [0.15, 0.2) is 6.07 Å². The minimum atomic E-state index is -3.25. The molecule has 9 heteroatoms.